The van der Waals surface area contributed by atoms with Gasteiger partial charge in [0.2, 0.25) is 0 Å². The van der Waals surface area contributed by atoms with Crippen molar-refractivity contribution in [2.75, 3.05) is 6.54 Å². The van der Waals surface area contributed by atoms with E-state index in [0.29, 0.717) is 6.54 Å². The number of nitrogens with zero attached hydrogens (tertiary/aromatic N) is 4. The van der Waals surface area contributed by atoms with Gasteiger partial charge in [-0.2, -0.15) is 10.2 Å². The molecule has 0 aliphatic heterocycles. The Labute approximate surface area is 119 Å². The molecule has 2 unspecified atom stereocenters. The molecule has 2 rings (SSSR count). The van der Waals surface area contributed by atoms with E-state index in [4.69, 9.17) is 0 Å². The van der Waals surface area contributed by atoms with Crippen LogP contribution < -0.4 is 5.32 Å². The molecule has 0 saturated carbocycles. The fraction of sp³-hybridized carbons (Fsp3) is 0.571. The molecule has 0 aromatic carbocycles. The molecule has 0 aliphatic carbocycles. The van der Waals surface area contributed by atoms with E-state index in [0.717, 1.165) is 16.8 Å². The molecule has 0 amide bonds. The molecule has 0 aliphatic rings. The number of hydrogen-bond donors (Lipinski definition) is 2. The fourth-order valence-electron chi connectivity index (χ4n) is 2.20. The number of aromatic nitrogens is 4. The first-order valence-electron chi connectivity index (χ1n) is 6.74. The highest BCUT2D eigenvalue weighted by Crippen LogP contribution is 2.21. The van der Waals surface area contributed by atoms with Gasteiger partial charge < -0.3 is 10.4 Å². The molecule has 0 bridgehead atoms. The van der Waals surface area contributed by atoms with E-state index in [-0.39, 0.29) is 6.04 Å². The fourth-order valence-corrected chi connectivity index (χ4v) is 2.20. The summed E-state index contributed by atoms with van der Waals surface area (Å²) in [5, 5.41) is 22.2. The summed E-state index contributed by atoms with van der Waals surface area (Å²) in [6.07, 6.45) is 5.40. The molecule has 2 aromatic heterocycles. The Morgan fingerprint density at radius 1 is 1.35 bits per heavy atom. The molecule has 110 valence electrons. The largest absolute Gasteiger partial charge is 0.384 e. The zero-order chi connectivity index (χ0) is 14.9. The van der Waals surface area contributed by atoms with Crippen molar-refractivity contribution in [3.05, 3.63) is 35.4 Å². The van der Waals surface area contributed by atoms with Gasteiger partial charge in [0, 0.05) is 49.7 Å². The SMILES string of the molecule is Cc1c(C(C)NCC(C)(O)c2cnn(C)c2)cnn1C. The van der Waals surface area contributed by atoms with E-state index in [1.165, 1.54) is 0 Å². The van der Waals surface area contributed by atoms with Gasteiger partial charge >= 0.3 is 0 Å². The molecular formula is C14H23N5O. The van der Waals surface area contributed by atoms with Crippen LogP contribution in [0, 0.1) is 6.92 Å². The maximum absolute atomic E-state index is 10.5. The van der Waals surface area contributed by atoms with Gasteiger partial charge in [-0.15, -0.1) is 0 Å². The topological polar surface area (TPSA) is 67.9 Å². The average Bonchev–Trinajstić information content (AvgIpc) is 2.95. The zero-order valence-electron chi connectivity index (χ0n) is 12.8. The Kier molecular flexibility index (Phi) is 3.96. The Hall–Kier alpha value is -1.66. The van der Waals surface area contributed by atoms with Crippen molar-refractivity contribution in [1.29, 1.82) is 0 Å². The maximum Gasteiger partial charge on any atom is 0.102 e. The first-order valence-corrected chi connectivity index (χ1v) is 6.74. The van der Waals surface area contributed by atoms with Crippen LogP contribution in [0.3, 0.4) is 0 Å². The second-order valence-electron chi connectivity index (χ2n) is 5.59. The molecule has 20 heavy (non-hydrogen) atoms. The summed E-state index contributed by atoms with van der Waals surface area (Å²) in [5.74, 6) is 0. The molecule has 0 radical (unpaired) electrons. The van der Waals surface area contributed by atoms with E-state index < -0.39 is 5.60 Å². The van der Waals surface area contributed by atoms with Crippen molar-refractivity contribution < 1.29 is 5.11 Å². The molecule has 2 N–H and O–H groups in total. The highest BCUT2D eigenvalue weighted by molar-refractivity contribution is 5.20. The number of hydrogen-bond acceptors (Lipinski definition) is 4. The maximum atomic E-state index is 10.5. The van der Waals surface area contributed by atoms with Gasteiger partial charge in [0.25, 0.3) is 0 Å². The van der Waals surface area contributed by atoms with Gasteiger partial charge in [-0.1, -0.05) is 0 Å². The Balaban J connectivity index is 2.02. The monoisotopic (exact) mass is 277 g/mol. The summed E-state index contributed by atoms with van der Waals surface area (Å²) in [6, 6.07) is 0.131. The Morgan fingerprint density at radius 2 is 2.05 bits per heavy atom. The van der Waals surface area contributed by atoms with Crippen LogP contribution in [0.15, 0.2) is 18.6 Å². The van der Waals surface area contributed by atoms with Crippen LogP contribution in [0.2, 0.25) is 0 Å². The van der Waals surface area contributed by atoms with Gasteiger partial charge in [-0.3, -0.25) is 9.36 Å². The Bertz CT molecular complexity index is 584. The van der Waals surface area contributed by atoms with Gasteiger partial charge in [0.15, 0.2) is 0 Å². The third-order valence-electron chi connectivity index (χ3n) is 3.82. The second-order valence-corrected chi connectivity index (χ2v) is 5.59. The molecule has 2 atom stereocenters. The lowest BCUT2D eigenvalue weighted by Gasteiger charge is -2.25. The summed E-state index contributed by atoms with van der Waals surface area (Å²) in [7, 11) is 3.77. The van der Waals surface area contributed by atoms with E-state index in [9.17, 15) is 5.11 Å². The summed E-state index contributed by atoms with van der Waals surface area (Å²) < 4.78 is 3.55. The molecule has 0 fully saturated rings. The van der Waals surface area contributed by atoms with Crippen LogP contribution in [0.25, 0.3) is 0 Å². The highest BCUT2D eigenvalue weighted by Gasteiger charge is 2.25. The molecule has 2 heterocycles. The van der Waals surface area contributed by atoms with Crippen LogP contribution in [0.1, 0.15) is 36.7 Å². The van der Waals surface area contributed by atoms with Crippen LogP contribution in [0.4, 0.5) is 0 Å². The van der Waals surface area contributed by atoms with Gasteiger partial charge in [-0.05, 0) is 20.8 Å². The summed E-state index contributed by atoms with van der Waals surface area (Å²) >= 11 is 0. The first-order chi connectivity index (χ1) is 9.31. The van der Waals surface area contributed by atoms with E-state index in [2.05, 4.69) is 22.4 Å². The third-order valence-corrected chi connectivity index (χ3v) is 3.82. The average molecular weight is 277 g/mol. The highest BCUT2D eigenvalue weighted by atomic mass is 16.3. The van der Waals surface area contributed by atoms with Crippen LogP contribution in [-0.2, 0) is 19.7 Å². The minimum absolute atomic E-state index is 0.131. The number of aliphatic hydroxyl groups is 1. The van der Waals surface area contributed by atoms with Gasteiger partial charge in [0.1, 0.15) is 5.60 Å². The van der Waals surface area contributed by atoms with E-state index in [1.54, 1.807) is 17.8 Å². The summed E-state index contributed by atoms with van der Waals surface area (Å²) in [6.45, 7) is 6.36. The Morgan fingerprint density at radius 3 is 2.55 bits per heavy atom. The van der Waals surface area contributed by atoms with Gasteiger partial charge in [0.05, 0.1) is 12.4 Å². The molecule has 2 aromatic rings. The second kappa shape index (κ2) is 5.38. The van der Waals surface area contributed by atoms with Crippen molar-refractivity contribution in [2.24, 2.45) is 14.1 Å². The minimum Gasteiger partial charge on any atom is -0.384 e. The quantitative estimate of drug-likeness (QED) is 0.856. The predicted molar refractivity (Wildman–Crippen MR) is 77.1 cm³/mol. The lowest BCUT2D eigenvalue weighted by molar-refractivity contribution is 0.0542. The third kappa shape index (κ3) is 2.91. The molecule has 0 saturated heterocycles. The summed E-state index contributed by atoms with van der Waals surface area (Å²) in [4.78, 5) is 0. The predicted octanol–water partition coefficient (Wildman–Crippen LogP) is 1.02. The van der Waals surface area contributed by atoms with E-state index >= 15 is 0 Å². The zero-order valence-corrected chi connectivity index (χ0v) is 12.8. The smallest absolute Gasteiger partial charge is 0.102 e. The lowest BCUT2D eigenvalue weighted by Crippen LogP contribution is -2.36. The van der Waals surface area contributed by atoms with Crippen molar-refractivity contribution in [1.82, 2.24) is 24.9 Å². The molecule has 6 nitrogen and oxygen atoms in total. The molecule has 6 heteroatoms. The lowest BCUT2D eigenvalue weighted by atomic mass is 9.98. The van der Waals surface area contributed by atoms with Crippen molar-refractivity contribution >= 4 is 0 Å². The standard InChI is InChI=1S/C14H23N5O/c1-10(13-7-17-19(5)11(13)2)15-9-14(3,20)12-6-16-18(4)8-12/h6-8,10,15,20H,9H2,1-5H3. The molecular weight excluding hydrogens is 254 g/mol. The van der Waals surface area contributed by atoms with Crippen molar-refractivity contribution in [3.8, 4) is 0 Å². The van der Waals surface area contributed by atoms with Crippen LogP contribution in [-0.4, -0.2) is 31.2 Å². The normalized spacial score (nSPS) is 16.1. The number of nitrogens with one attached hydrogen (secondary N) is 1. The summed E-state index contributed by atoms with van der Waals surface area (Å²) in [5.41, 5.74) is 2.14. The molecule has 0 spiro atoms. The van der Waals surface area contributed by atoms with Crippen molar-refractivity contribution in [3.63, 3.8) is 0 Å². The van der Waals surface area contributed by atoms with Crippen LogP contribution >= 0.6 is 0 Å². The van der Waals surface area contributed by atoms with Crippen molar-refractivity contribution in [2.45, 2.75) is 32.4 Å². The number of rotatable bonds is 5. The minimum atomic E-state index is -0.946. The van der Waals surface area contributed by atoms with Crippen LogP contribution in [0.5, 0.6) is 0 Å². The van der Waals surface area contributed by atoms with Gasteiger partial charge in [-0.25, -0.2) is 0 Å². The number of aryl methyl sites for hydroxylation is 2. The first kappa shape index (κ1) is 14.7. The van der Waals surface area contributed by atoms with E-state index in [1.807, 2.05) is 38.1 Å².